The molecule has 102 valence electrons. The van der Waals surface area contributed by atoms with E-state index in [9.17, 15) is 0 Å². The SMILES string of the molecule is CCOc1cccc(NC(CC)CC(C)CC)c1. The first-order chi connectivity index (χ1) is 8.69. The maximum Gasteiger partial charge on any atom is 0.121 e. The predicted octanol–water partition coefficient (Wildman–Crippen LogP) is 4.71. The molecule has 0 saturated carbocycles. The summed E-state index contributed by atoms with van der Waals surface area (Å²) in [5, 5.41) is 3.61. The van der Waals surface area contributed by atoms with Crippen LogP contribution in [-0.4, -0.2) is 12.6 Å². The standard InChI is InChI=1S/C16H27NO/c1-5-13(4)11-14(6-2)17-15-9-8-10-16(12-15)18-7-3/h8-10,12-14,17H,5-7,11H2,1-4H3. The summed E-state index contributed by atoms with van der Waals surface area (Å²) in [5.74, 6) is 1.72. The number of rotatable bonds is 8. The van der Waals surface area contributed by atoms with Crippen molar-refractivity contribution in [3.05, 3.63) is 24.3 Å². The van der Waals surface area contributed by atoms with E-state index in [0.717, 1.165) is 23.8 Å². The molecule has 0 heterocycles. The molecule has 1 rings (SSSR count). The van der Waals surface area contributed by atoms with Crippen molar-refractivity contribution in [2.45, 2.75) is 53.0 Å². The fourth-order valence-corrected chi connectivity index (χ4v) is 2.06. The molecule has 2 nitrogen and oxygen atoms in total. The van der Waals surface area contributed by atoms with E-state index in [1.165, 1.54) is 12.8 Å². The van der Waals surface area contributed by atoms with Gasteiger partial charge in [0.2, 0.25) is 0 Å². The van der Waals surface area contributed by atoms with Crippen LogP contribution in [-0.2, 0) is 0 Å². The molecule has 0 aliphatic heterocycles. The number of hydrogen-bond donors (Lipinski definition) is 1. The fraction of sp³-hybridized carbons (Fsp3) is 0.625. The van der Waals surface area contributed by atoms with Gasteiger partial charge in [-0.2, -0.15) is 0 Å². The van der Waals surface area contributed by atoms with Crippen LogP contribution in [0.1, 0.15) is 47.0 Å². The van der Waals surface area contributed by atoms with Gasteiger partial charge >= 0.3 is 0 Å². The van der Waals surface area contributed by atoms with Crippen LogP contribution in [0.2, 0.25) is 0 Å². The van der Waals surface area contributed by atoms with Gasteiger partial charge in [-0.15, -0.1) is 0 Å². The van der Waals surface area contributed by atoms with E-state index in [4.69, 9.17) is 4.74 Å². The molecule has 1 aromatic carbocycles. The molecule has 0 aliphatic rings. The summed E-state index contributed by atoms with van der Waals surface area (Å²) < 4.78 is 5.52. The Morgan fingerprint density at radius 1 is 1.17 bits per heavy atom. The lowest BCUT2D eigenvalue weighted by atomic mass is 9.97. The summed E-state index contributed by atoms with van der Waals surface area (Å²) >= 11 is 0. The predicted molar refractivity (Wildman–Crippen MR) is 79.4 cm³/mol. The maximum atomic E-state index is 5.52. The summed E-state index contributed by atoms with van der Waals surface area (Å²) in [6, 6.07) is 8.80. The molecule has 0 bridgehead atoms. The van der Waals surface area contributed by atoms with Crippen LogP contribution in [0.5, 0.6) is 5.75 Å². The largest absolute Gasteiger partial charge is 0.494 e. The Bertz CT molecular complexity index is 338. The Kier molecular flexibility index (Phi) is 6.63. The van der Waals surface area contributed by atoms with Gasteiger partial charge in [0, 0.05) is 17.8 Å². The van der Waals surface area contributed by atoms with Gasteiger partial charge in [0.1, 0.15) is 5.75 Å². The fourth-order valence-electron chi connectivity index (χ4n) is 2.06. The van der Waals surface area contributed by atoms with E-state index in [-0.39, 0.29) is 0 Å². The lowest BCUT2D eigenvalue weighted by molar-refractivity contribution is 0.340. The smallest absolute Gasteiger partial charge is 0.121 e. The highest BCUT2D eigenvalue weighted by molar-refractivity contribution is 5.48. The number of benzene rings is 1. The molecular formula is C16H27NO. The van der Waals surface area contributed by atoms with Crippen molar-refractivity contribution >= 4 is 5.69 Å². The normalized spacial score (nSPS) is 14.0. The maximum absolute atomic E-state index is 5.52. The molecule has 0 aliphatic carbocycles. The monoisotopic (exact) mass is 249 g/mol. The molecule has 0 aromatic heterocycles. The molecule has 18 heavy (non-hydrogen) atoms. The highest BCUT2D eigenvalue weighted by Gasteiger charge is 2.10. The average molecular weight is 249 g/mol. The van der Waals surface area contributed by atoms with Crippen LogP contribution in [0, 0.1) is 5.92 Å². The topological polar surface area (TPSA) is 21.3 Å². The van der Waals surface area contributed by atoms with Gasteiger partial charge < -0.3 is 10.1 Å². The van der Waals surface area contributed by atoms with Gasteiger partial charge in [-0.1, -0.05) is 33.3 Å². The molecule has 1 aromatic rings. The third-order valence-corrected chi connectivity index (χ3v) is 3.39. The molecule has 2 unspecified atom stereocenters. The van der Waals surface area contributed by atoms with E-state index in [0.29, 0.717) is 12.6 Å². The highest BCUT2D eigenvalue weighted by Crippen LogP contribution is 2.21. The van der Waals surface area contributed by atoms with E-state index in [1.807, 2.05) is 19.1 Å². The van der Waals surface area contributed by atoms with Crippen molar-refractivity contribution < 1.29 is 4.74 Å². The molecule has 2 atom stereocenters. The van der Waals surface area contributed by atoms with Crippen molar-refractivity contribution in [3.8, 4) is 5.75 Å². The number of nitrogens with one attached hydrogen (secondary N) is 1. The third kappa shape index (κ3) is 4.99. The Morgan fingerprint density at radius 3 is 2.56 bits per heavy atom. The molecule has 0 spiro atoms. The highest BCUT2D eigenvalue weighted by atomic mass is 16.5. The summed E-state index contributed by atoms with van der Waals surface area (Å²) in [6.45, 7) is 9.55. The Labute approximate surface area is 112 Å². The summed E-state index contributed by atoms with van der Waals surface area (Å²) in [5.41, 5.74) is 1.16. The first kappa shape index (κ1) is 14.9. The first-order valence-corrected chi connectivity index (χ1v) is 7.18. The van der Waals surface area contributed by atoms with Crippen molar-refractivity contribution in [1.29, 1.82) is 0 Å². The minimum Gasteiger partial charge on any atom is -0.494 e. The zero-order chi connectivity index (χ0) is 13.4. The van der Waals surface area contributed by atoms with Gasteiger partial charge in [0.15, 0.2) is 0 Å². The number of anilines is 1. The van der Waals surface area contributed by atoms with Crippen LogP contribution < -0.4 is 10.1 Å². The van der Waals surface area contributed by atoms with E-state index in [2.05, 4.69) is 38.2 Å². The molecule has 0 amide bonds. The van der Waals surface area contributed by atoms with E-state index in [1.54, 1.807) is 0 Å². The number of hydrogen-bond acceptors (Lipinski definition) is 2. The summed E-state index contributed by atoms with van der Waals surface area (Å²) in [7, 11) is 0. The Hall–Kier alpha value is -1.18. The minimum atomic E-state index is 0.553. The molecule has 1 N–H and O–H groups in total. The van der Waals surface area contributed by atoms with Crippen molar-refractivity contribution in [2.24, 2.45) is 5.92 Å². The van der Waals surface area contributed by atoms with Crippen molar-refractivity contribution in [2.75, 3.05) is 11.9 Å². The summed E-state index contributed by atoms with van der Waals surface area (Å²) in [6.07, 6.45) is 3.63. The lowest BCUT2D eigenvalue weighted by Crippen LogP contribution is -2.21. The second kappa shape index (κ2) is 8.02. The van der Waals surface area contributed by atoms with Gasteiger partial charge in [-0.05, 0) is 37.8 Å². The Balaban J connectivity index is 2.60. The second-order valence-electron chi connectivity index (χ2n) is 4.96. The van der Waals surface area contributed by atoms with Crippen LogP contribution in [0.25, 0.3) is 0 Å². The first-order valence-electron chi connectivity index (χ1n) is 7.18. The van der Waals surface area contributed by atoms with Crippen molar-refractivity contribution in [1.82, 2.24) is 0 Å². The van der Waals surface area contributed by atoms with Gasteiger partial charge in [0.05, 0.1) is 6.61 Å². The van der Waals surface area contributed by atoms with Gasteiger partial charge in [0.25, 0.3) is 0 Å². The number of ether oxygens (including phenoxy) is 1. The second-order valence-corrected chi connectivity index (χ2v) is 4.96. The van der Waals surface area contributed by atoms with Gasteiger partial charge in [-0.3, -0.25) is 0 Å². The quantitative estimate of drug-likeness (QED) is 0.720. The molecule has 2 heteroatoms. The van der Waals surface area contributed by atoms with Crippen LogP contribution in [0.15, 0.2) is 24.3 Å². The van der Waals surface area contributed by atoms with Crippen LogP contribution in [0.3, 0.4) is 0 Å². The van der Waals surface area contributed by atoms with E-state index >= 15 is 0 Å². The summed E-state index contributed by atoms with van der Waals surface area (Å²) in [4.78, 5) is 0. The third-order valence-electron chi connectivity index (χ3n) is 3.39. The van der Waals surface area contributed by atoms with Crippen molar-refractivity contribution in [3.63, 3.8) is 0 Å². The molecule has 0 fully saturated rings. The zero-order valence-corrected chi connectivity index (χ0v) is 12.2. The molecule has 0 saturated heterocycles. The minimum absolute atomic E-state index is 0.553. The molecule has 0 radical (unpaired) electrons. The molecular weight excluding hydrogens is 222 g/mol. The lowest BCUT2D eigenvalue weighted by Gasteiger charge is -2.21. The Morgan fingerprint density at radius 2 is 1.94 bits per heavy atom. The zero-order valence-electron chi connectivity index (χ0n) is 12.2. The van der Waals surface area contributed by atoms with E-state index < -0.39 is 0 Å². The van der Waals surface area contributed by atoms with Crippen LogP contribution in [0.4, 0.5) is 5.69 Å². The van der Waals surface area contributed by atoms with Crippen LogP contribution >= 0.6 is 0 Å². The average Bonchev–Trinajstić information content (AvgIpc) is 2.38. The van der Waals surface area contributed by atoms with Gasteiger partial charge in [-0.25, -0.2) is 0 Å².